The monoisotopic (exact) mass is 269 g/mol. The van der Waals surface area contributed by atoms with E-state index in [0.717, 1.165) is 17.5 Å². The lowest BCUT2D eigenvalue weighted by Crippen LogP contribution is -2.29. The molecule has 0 heterocycles. The Kier molecular flexibility index (Phi) is 5.33. The van der Waals surface area contributed by atoms with Crippen LogP contribution in [0.5, 0.6) is 0 Å². The molecule has 3 nitrogen and oxygen atoms in total. The number of carbonyl (C=O) groups is 1. The minimum atomic E-state index is -0.174. The van der Waals surface area contributed by atoms with Gasteiger partial charge in [0.1, 0.15) is 0 Å². The molecule has 1 N–H and O–H groups in total. The van der Waals surface area contributed by atoms with Gasteiger partial charge in [0.15, 0.2) is 0 Å². The van der Waals surface area contributed by atoms with Crippen molar-refractivity contribution in [3.05, 3.63) is 71.8 Å². The van der Waals surface area contributed by atoms with Crippen LogP contribution in [-0.2, 0) is 16.2 Å². The first-order valence-electron chi connectivity index (χ1n) is 6.81. The second-order valence-electron chi connectivity index (χ2n) is 4.61. The molecule has 104 valence electrons. The summed E-state index contributed by atoms with van der Waals surface area (Å²) in [5.41, 5.74) is 4.58. The van der Waals surface area contributed by atoms with E-state index in [1.807, 2.05) is 67.6 Å². The van der Waals surface area contributed by atoms with Crippen molar-refractivity contribution in [2.75, 3.05) is 0 Å². The summed E-state index contributed by atoms with van der Waals surface area (Å²) in [6.07, 6.45) is 0.741. The van der Waals surface area contributed by atoms with Gasteiger partial charge >= 0.3 is 0 Å². The van der Waals surface area contributed by atoms with E-state index in [2.05, 4.69) is 5.48 Å². The summed E-state index contributed by atoms with van der Waals surface area (Å²) in [6, 6.07) is 19.5. The number of rotatable bonds is 6. The second-order valence-corrected chi connectivity index (χ2v) is 4.61. The van der Waals surface area contributed by atoms with Crippen LogP contribution < -0.4 is 5.48 Å². The predicted molar refractivity (Wildman–Crippen MR) is 78.8 cm³/mol. The molecular formula is C17H19NO2. The highest BCUT2D eigenvalue weighted by atomic mass is 16.6. The predicted octanol–water partition coefficient (Wildman–Crippen LogP) is 3.43. The number of amides is 1. The van der Waals surface area contributed by atoms with Crippen molar-refractivity contribution in [1.82, 2.24) is 5.48 Å². The van der Waals surface area contributed by atoms with E-state index in [-0.39, 0.29) is 11.8 Å². The van der Waals surface area contributed by atoms with Crippen LogP contribution >= 0.6 is 0 Å². The molecule has 1 amide bonds. The Balaban J connectivity index is 1.87. The largest absolute Gasteiger partial charge is 0.272 e. The molecule has 1 unspecified atom stereocenters. The number of hydrogen-bond donors (Lipinski definition) is 1. The highest BCUT2D eigenvalue weighted by Gasteiger charge is 2.18. The molecule has 0 aliphatic carbocycles. The lowest BCUT2D eigenvalue weighted by molar-refractivity contribution is -0.136. The van der Waals surface area contributed by atoms with E-state index < -0.39 is 0 Å². The second kappa shape index (κ2) is 7.46. The molecule has 1 atom stereocenters. The normalized spacial score (nSPS) is 11.8. The molecule has 0 aliphatic rings. The lowest BCUT2D eigenvalue weighted by Gasteiger charge is -2.15. The highest BCUT2D eigenvalue weighted by molar-refractivity contribution is 5.82. The third-order valence-corrected chi connectivity index (χ3v) is 3.18. The quantitative estimate of drug-likeness (QED) is 0.816. The first kappa shape index (κ1) is 14.3. The van der Waals surface area contributed by atoms with Crippen molar-refractivity contribution in [1.29, 1.82) is 0 Å². The Hall–Kier alpha value is -2.13. The van der Waals surface area contributed by atoms with Crippen LogP contribution in [0.15, 0.2) is 60.7 Å². The van der Waals surface area contributed by atoms with E-state index in [9.17, 15) is 4.79 Å². The number of hydrogen-bond acceptors (Lipinski definition) is 2. The minimum Gasteiger partial charge on any atom is -0.272 e. The zero-order valence-electron chi connectivity index (χ0n) is 11.6. The fourth-order valence-electron chi connectivity index (χ4n) is 2.09. The number of hydroxylamine groups is 1. The van der Waals surface area contributed by atoms with E-state index >= 15 is 0 Å². The molecule has 0 radical (unpaired) electrons. The van der Waals surface area contributed by atoms with Gasteiger partial charge in [0, 0.05) is 0 Å². The Labute approximate surface area is 119 Å². The van der Waals surface area contributed by atoms with Crippen LogP contribution in [0.3, 0.4) is 0 Å². The standard InChI is InChI=1S/C17H19NO2/c1-2-16(15-11-7-4-8-12-15)17(19)18-20-13-14-9-5-3-6-10-14/h3-12,16H,2,13H2,1H3,(H,18,19). The first-order chi connectivity index (χ1) is 9.81. The van der Waals surface area contributed by atoms with E-state index in [4.69, 9.17) is 4.84 Å². The zero-order chi connectivity index (χ0) is 14.2. The van der Waals surface area contributed by atoms with E-state index in [1.165, 1.54) is 0 Å². The molecule has 0 spiro atoms. The molecular weight excluding hydrogens is 250 g/mol. The van der Waals surface area contributed by atoms with Crippen molar-refractivity contribution in [3.63, 3.8) is 0 Å². The Morgan fingerprint density at radius 3 is 2.25 bits per heavy atom. The van der Waals surface area contributed by atoms with Gasteiger partial charge in [-0.3, -0.25) is 9.63 Å². The average molecular weight is 269 g/mol. The van der Waals surface area contributed by atoms with Crippen LogP contribution in [0.1, 0.15) is 30.4 Å². The smallest absolute Gasteiger partial charge is 0.251 e. The lowest BCUT2D eigenvalue weighted by atomic mass is 9.96. The molecule has 0 saturated heterocycles. The Morgan fingerprint density at radius 1 is 1.05 bits per heavy atom. The van der Waals surface area contributed by atoms with Crippen LogP contribution in [0.2, 0.25) is 0 Å². The molecule has 0 aromatic heterocycles. The van der Waals surface area contributed by atoms with Gasteiger partial charge in [-0.2, -0.15) is 0 Å². The van der Waals surface area contributed by atoms with Gasteiger partial charge in [-0.15, -0.1) is 0 Å². The molecule has 0 saturated carbocycles. The average Bonchev–Trinajstić information content (AvgIpc) is 2.50. The molecule has 20 heavy (non-hydrogen) atoms. The zero-order valence-corrected chi connectivity index (χ0v) is 11.6. The Morgan fingerprint density at radius 2 is 1.65 bits per heavy atom. The van der Waals surface area contributed by atoms with Crippen molar-refractivity contribution in [2.24, 2.45) is 0 Å². The van der Waals surface area contributed by atoms with Crippen molar-refractivity contribution in [2.45, 2.75) is 25.9 Å². The number of benzene rings is 2. The maximum atomic E-state index is 12.1. The third kappa shape index (κ3) is 3.93. The van der Waals surface area contributed by atoms with Crippen LogP contribution in [0.4, 0.5) is 0 Å². The van der Waals surface area contributed by atoms with Gasteiger partial charge in [-0.1, -0.05) is 67.6 Å². The summed E-state index contributed by atoms with van der Waals surface area (Å²) in [5.74, 6) is -0.276. The molecule has 3 heteroatoms. The summed E-state index contributed by atoms with van der Waals surface area (Å²) in [4.78, 5) is 17.4. The maximum Gasteiger partial charge on any atom is 0.251 e. The van der Waals surface area contributed by atoms with Crippen molar-refractivity contribution < 1.29 is 9.63 Å². The summed E-state index contributed by atoms with van der Waals surface area (Å²) in [5, 5.41) is 0. The van der Waals surface area contributed by atoms with Crippen LogP contribution in [0.25, 0.3) is 0 Å². The first-order valence-corrected chi connectivity index (χ1v) is 6.81. The fourth-order valence-corrected chi connectivity index (χ4v) is 2.09. The van der Waals surface area contributed by atoms with Gasteiger partial charge in [0.05, 0.1) is 12.5 Å². The minimum absolute atomic E-state index is 0.102. The van der Waals surface area contributed by atoms with Gasteiger partial charge in [0.2, 0.25) is 0 Å². The van der Waals surface area contributed by atoms with Gasteiger partial charge in [-0.05, 0) is 17.5 Å². The number of nitrogens with one attached hydrogen (secondary N) is 1. The summed E-state index contributed by atoms with van der Waals surface area (Å²) < 4.78 is 0. The van der Waals surface area contributed by atoms with Crippen molar-refractivity contribution >= 4 is 5.91 Å². The molecule has 0 fully saturated rings. The molecule has 0 aliphatic heterocycles. The summed E-state index contributed by atoms with van der Waals surface area (Å²) in [6.45, 7) is 2.37. The van der Waals surface area contributed by atoms with Gasteiger partial charge in [-0.25, -0.2) is 5.48 Å². The van der Waals surface area contributed by atoms with Crippen LogP contribution in [-0.4, -0.2) is 5.91 Å². The topological polar surface area (TPSA) is 38.3 Å². The van der Waals surface area contributed by atoms with Crippen molar-refractivity contribution in [3.8, 4) is 0 Å². The fraction of sp³-hybridized carbons (Fsp3) is 0.235. The summed E-state index contributed by atoms with van der Waals surface area (Å²) >= 11 is 0. The Bertz CT molecular complexity index is 525. The molecule has 2 aromatic carbocycles. The summed E-state index contributed by atoms with van der Waals surface area (Å²) in [7, 11) is 0. The maximum absolute atomic E-state index is 12.1. The third-order valence-electron chi connectivity index (χ3n) is 3.18. The van der Waals surface area contributed by atoms with E-state index in [1.54, 1.807) is 0 Å². The molecule has 2 rings (SSSR count). The van der Waals surface area contributed by atoms with Gasteiger partial charge in [0.25, 0.3) is 5.91 Å². The highest BCUT2D eigenvalue weighted by Crippen LogP contribution is 2.19. The molecule has 2 aromatic rings. The molecule has 0 bridgehead atoms. The van der Waals surface area contributed by atoms with Crippen LogP contribution in [0, 0.1) is 0 Å². The SMILES string of the molecule is CCC(C(=O)NOCc1ccccc1)c1ccccc1. The number of carbonyl (C=O) groups excluding carboxylic acids is 1. The van der Waals surface area contributed by atoms with Gasteiger partial charge < -0.3 is 0 Å². The van der Waals surface area contributed by atoms with E-state index in [0.29, 0.717) is 6.61 Å².